The van der Waals surface area contributed by atoms with Crippen LogP contribution in [-0.4, -0.2) is 37.2 Å². The van der Waals surface area contributed by atoms with Gasteiger partial charge in [-0.25, -0.2) is 0 Å². The lowest BCUT2D eigenvalue weighted by atomic mass is 10.0. The first-order valence-corrected chi connectivity index (χ1v) is 27.6. The lowest BCUT2D eigenvalue weighted by Crippen LogP contribution is -2.30. The summed E-state index contributed by atoms with van der Waals surface area (Å²) in [6.07, 6.45) is 48.2. The van der Waals surface area contributed by atoms with Gasteiger partial charge in [0, 0.05) is 19.3 Å². The Bertz CT molecular complexity index is 960. The fourth-order valence-electron chi connectivity index (χ4n) is 8.47. The third-order valence-electron chi connectivity index (χ3n) is 12.6. The van der Waals surface area contributed by atoms with Crippen molar-refractivity contribution in [2.24, 2.45) is 17.8 Å². The maximum Gasteiger partial charge on any atom is 0.306 e. The summed E-state index contributed by atoms with van der Waals surface area (Å²) in [5.41, 5.74) is 0. The van der Waals surface area contributed by atoms with E-state index in [0.717, 1.165) is 75.5 Å². The Morgan fingerprint density at radius 3 is 0.694 bits per heavy atom. The van der Waals surface area contributed by atoms with Crippen LogP contribution in [0.3, 0.4) is 0 Å². The van der Waals surface area contributed by atoms with E-state index < -0.39 is 6.10 Å². The van der Waals surface area contributed by atoms with Crippen LogP contribution < -0.4 is 0 Å². The number of ether oxygens (including phenoxy) is 3. The van der Waals surface area contributed by atoms with Crippen LogP contribution in [0, 0.1) is 17.8 Å². The lowest BCUT2D eigenvalue weighted by Gasteiger charge is -2.18. The molecule has 0 fully saturated rings. The lowest BCUT2D eigenvalue weighted by molar-refractivity contribution is -0.167. The maximum atomic E-state index is 12.8. The topological polar surface area (TPSA) is 78.9 Å². The van der Waals surface area contributed by atoms with Crippen LogP contribution in [0.4, 0.5) is 0 Å². The van der Waals surface area contributed by atoms with Crippen molar-refractivity contribution >= 4 is 17.9 Å². The molecule has 0 aliphatic heterocycles. The van der Waals surface area contributed by atoms with Crippen molar-refractivity contribution in [2.75, 3.05) is 13.2 Å². The highest BCUT2D eigenvalue weighted by molar-refractivity contribution is 5.71. The zero-order chi connectivity index (χ0) is 45.6. The zero-order valence-corrected chi connectivity index (χ0v) is 42.7. The number of carbonyl (C=O) groups is 3. The number of rotatable bonds is 49. The van der Waals surface area contributed by atoms with Gasteiger partial charge in [0.2, 0.25) is 0 Å². The van der Waals surface area contributed by atoms with E-state index in [1.807, 2.05) is 0 Å². The standard InChI is InChI=1S/C56H108O6/c1-50(2)42-36-30-24-19-15-13-11-9-7-8-10-12-14-16-22-28-35-41-47-56(59)62-53(49-61-55(58)46-40-34-29-23-26-32-38-44-52(5)6)48-60-54(57)45-39-33-27-21-18-17-20-25-31-37-43-51(3)4/h50-53H,7-49H2,1-6H3/t53-/m0/s1. The Morgan fingerprint density at radius 2 is 0.468 bits per heavy atom. The average molecular weight is 877 g/mol. The van der Waals surface area contributed by atoms with Gasteiger partial charge >= 0.3 is 17.9 Å². The molecule has 0 saturated carbocycles. The molecule has 0 spiro atoms. The van der Waals surface area contributed by atoms with Crippen molar-refractivity contribution in [3.05, 3.63) is 0 Å². The van der Waals surface area contributed by atoms with Crippen molar-refractivity contribution in [2.45, 2.75) is 311 Å². The normalized spacial score (nSPS) is 12.1. The zero-order valence-electron chi connectivity index (χ0n) is 42.7. The first-order valence-electron chi connectivity index (χ1n) is 27.6. The van der Waals surface area contributed by atoms with E-state index in [0.29, 0.717) is 19.3 Å². The molecule has 0 heterocycles. The summed E-state index contributed by atoms with van der Waals surface area (Å²) in [4.78, 5) is 38.0. The predicted octanol–water partition coefficient (Wildman–Crippen LogP) is 17.9. The number of hydrogen-bond acceptors (Lipinski definition) is 6. The molecule has 1 atom stereocenters. The van der Waals surface area contributed by atoms with Crippen LogP contribution in [0.5, 0.6) is 0 Å². The third-order valence-corrected chi connectivity index (χ3v) is 12.6. The summed E-state index contributed by atoms with van der Waals surface area (Å²) in [5.74, 6) is 1.61. The summed E-state index contributed by atoms with van der Waals surface area (Å²) in [6.45, 7) is 13.7. The van der Waals surface area contributed by atoms with Crippen LogP contribution >= 0.6 is 0 Å². The molecule has 62 heavy (non-hydrogen) atoms. The van der Waals surface area contributed by atoms with Gasteiger partial charge < -0.3 is 14.2 Å². The molecule has 0 N–H and O–H groups in total. The molecule has 0 radical (unpaired) electrons. The van der Waals surface area contributed by atoms with Crippen LogP contribution in [0.15, 0.2) is 0 Å². The number of unbranched alkanes of at least 4 members (excludes halogenated alkanes) is 32. The highest BCUT2D eigenvalue weighted by Crippen LogP contribution is 2.18. The second-order valence-electron chi connectivity index (χ2n) is 20.6. The third kappa shape index (κ3) is 49.4. The summed E-state index contributed by atoms with van der Waals surface area (Å²) in [6, 6.07) is 0. The average Bonchev–Trinajstić information content (AvgIpc) is 3.23. The van der Waals surface area contributed by atoms with E-state index in [-0.39, 0.29) is 31.1 Å². The molecule has 0 aromatic rings. The predicted molar refractivity (Wildman–Crippen MR) is 266 cm³/mol. The molecule has 0 rings (SSSR count). The Balaban J connectivity index is 4.22. The van der Waals surface area contributed by atoms with E-state index in [9.17, 15) is 14.4 Å². The minimum absolute atomic E-state index is 0.0649. The molecule has 0 aromatic heterocycles. The summed E-state index contributed by atoms with van der Waals surface area (Å²) < 4.78 is 16.8. The van der Waals surface area contributed by atoms with E-state index in [2.05, 4.69) is 41.5 Å². The first-order chi connectivity index (χ1) is 30.1. The first kappa shape index (κ1) is 60.4. The molecule has 0 aromatic carbocycles. The highest BCUT2D eigenvalue weighted by Gasteiger charge is 2.19. The molecule has 0 amide bonds. The van der Waals surface area contributed by atoms with Crippen molar-refractivity contribution in [1.29, 1.82) is 0 Å². The van der Waals surface area contributed by atoms with E-state index in [1.165, 1.54) is 186 Å². The highest BCUT2D eigenvalue weighted by atomic mass is 16.6. The Kier molecular flexibility index (Phi) is 46.2. The van der Waals surface area contributed by atoms with Crippen molar-refractivity contribution < 1.29 is 28.6 Å². The molecule has 0 aliphatic carbocycles. The van der Waals surface area contributed by atoms with Crippen molar-refractivity contribution in [3.63, 3.8) is 0 Å². The van der Waals surface area contributed by atoms with Crippen LogP contribution in [0.2, 0.25) is 0 Å². The minimum Gasteiger partial charge on any atom is -0.462 e. The molecular formula is C56H108O6. The van der Waals surface area contributed by atoms with Gasteiger partial charge in [-0.1, -0.05) is 266 Å². The Hall–Kier alpha value is -1.59. The molecule has 6 nitrogen and oxygen atoms in total. The molecule has 368 valence electrons. The van der Waals surface area contributed by atoms with Gasteiger partial charge in [0.25, 0.3) is 0 Å². The molecule has 0 saturated heterocycles. The van der Waals surface area contributed by atoms with Crippen molar-refractivity contribution in [3.8, 4) is 0 Å². The van der Waals surface area contributed by atoms with Crippen LogP contribution in [0.25, 0.3) is 0 Å². The van der Waals surface area contributed by atoms with Gasteiger partial charge in [-0.15, -0.1) is 0 Å². The quantitative estimate of drug-likeness (QED) is 0.0344. The molecule has 0 bridgehead atoms. The molecular weight excluding hydrogens is 769 g/mol. The fraction of sp³-hybridized carbons (Fsp3) is 0.946. The van der Waals surface area contributed by atoms with Crippen LogP contribution in [0.1, 0.15) is 305 Å². The smallest absolute Gasteiger partial charge is 0.306 e. The van der Waals surface area contributed by atoms with Gasteiger partial charge in [-0.05, 0) is 37.0 Å². The molecule has 6 heteroatoms. The minimum atomic E-state index is -0.763. The van der Waals surface area contributed by atoms with Gasteiger partial charge in [-0.2, -0.15) is 0 Å². The van der Waals surface area contributed by atoms with Crippen LogP contribution in [-0.2, 0) is 28.6 Å². The monoisotopic (exact) mass is 877 g/mol. The fourth-order valence-corrected chi connectivity index (χ4v) is 8.47. The number of hydrogen-bond donors (Lipinski definition) is 0. The largest absolute Gasteiger partial charge is 0.462 e. The van der Waals surface area contributed by atoms with Gasteiger partial charge in [0.1, 0.15) is 13.2 Å². The van der Waals surface area contributed by atoms with Gasteiger partial charge in [0.15, 0.2) is 6.10 Å². The SMILES string of the molecule is CC(C)CCCCCCCCCCCCCCCCCCCCC(=O)O[C@@H](COC(=O)CCCCCCCCCCCCC(C)C)COC(=O)CCCCCCCCCC(C)C. The van der Waals surface area contributed by atoms with E-state index in [1.54, 1.807) is 0 Å². The Morgan fingerprint density at radius 1 is 0.274 bits per heavy atom. The molecule has 0 unspecified atom stereocenters. The Labute approximate surface area is 387 Å². The maximum absolute atomic E-state index is 12.8. The molecule has 0 aliphatic rings. The number of carbonyl (C=O) groups excluding carboxylic acids is 3. The van der Waals surface area contributed by atoms with Gasteiger partial charge in [-0.3, -0.25) is 14.4 Å². The summed E-state index contributed by atoms with van der Waals surface area (Å²) in [5, 5.41) is 0. The van der Waals surface area contributed by atoms with Crippen molar-refractivity contribution in [1.82, 2.24) is 0 Å². The second-order valence-corrected chi connectivity index (χ2v) is 20.6. The summed E-state index contributed by atoms with van der Waals surface area (Å²) >= 11 is 0. The number of esters is 3. The summed E-state index contributed by atoms with van der Waals surface area (Å²) in [7, 11) is 0. The van der Waals surface area contributed by atoms with E-state index >= 15 is 0 Å². The second kappa shape index (κ2) is 47.4. The van der Waals surface area contributed by atoms with E-state index in [4.69, 9.17) is 14.2 Å². The van der Waals surface area contributed by atoms with Gasteiger partial charge in [0.05, 0.1) is 0 Å².